The summed E-state index contributed by atoms with van der Waals surface area (Å²) in [6.45, 7) is 1.12. The van der Waals surface area contributed by atoms with Gasteiger partial charge in [-0.25, -0.2) is 9.97 Å². The van der Waals surface area contributed by atoms with E-state index in [9.17, 15) is 18.0 Å². The molecule has 0 radical (unpaired) electrons. The lowest BCUT2D eigenvalue weighted by Gasteiger charge is -2.29. The Morgan fingerprint density at radius 2 is 1.76 bits per heavy atom. The molecule has 1 amide bonds. The Hall–Kier alpha value is -3.22. The van der Waals surface area contributed by atoms with Gasteiger partial charge in [-0.2, -0.15) is 13.2 Å². The number of hydrogen-bond donors (Lipinski definition) is 0. The first kappa shape index (κ1) is 19.1. The van der Waals surface area contributed by atoms with E-state index in [1.165, 1.54) is 18.5 Å². The van der Waals surface area contributed by atoms with E-state index in [-0.39, 0.29) is 12.3 Å². The Morgan fingerprint density at radius 3 is 2.45 bits per heavy atom. The van der Waals surface area contributed by atoms with Gasteiger partial charge >= 0.3 is 6.18 Å². The van der Waals surface area contributed by atoms with Crippen LogP contribution in [0.5, 0.6) is 0 Å². The molecule has 3 aromatic rings. The molecule has 2 heterocycles. The third kappa shape index (κ3) is 4.29. The molecule has 0 saturated heterocycles. The fourth-order valence-electron chi connectivity index (χ4n) is 3.49. The second-order valence-electron chi connectivity index (χ2n) is 7.00. The summed E-state index contributed by atoms with van der Waals surface area (Å²) < 4.78 is 38.3. The Morgan fingerprint density at radius 1 is 1.00 bits per heavy atom. The van der Waals surface area contributed by atoms with Crippen molar-refractivity contribution in [3.63, 3.8) is 0 Å². The molecule has 0 fully saturated rings. The molecule has 4 rings (SSSR count). The highest BCUT2D eigenvalue weighted by Gasteiger charge is 2.30. The molecule has 0 saturated carbocycles. The molecular formula is C22H18F3N3O. The maximum Gasteiger partial charge on any atom is 0.416 e. The maximum absolute atomic E-state index is 12.8. The normalized spacial score (nSPS) is 13.8. The van der Waals surface area contributed by atoms with E-state index in [1.54, 1.807) is 17.2 Å². The minimum absolute atomic E-state index is 0.00529. The van der Waals surface area contributed by atoms with Gasteiger partial charge in [0.05, 0.1) is 17.7 Å². The van der Waals surface area contributed by atoms with Crippen LogP contribution in [0.2, 0.25) is 0 Å². The van der Waals surface area contributed by atoms with Gasteiger partial charge in [-0.15, -0.1) is 0 Å². The van der Waals surface area contributed by atoms with Gasteiger partial charge in [0.1, 0.15) is 6.33 Å². The van der Waals surface area contributed by atoms with E-state index < -0.39 is 11.7 Å². The van der Waals surface area contributed by atoms with Crippen LogP contribution in [0.25, 0.3) is 11.1 Å². The van der Waals surface area contributed by atoms with Gasteiger partial charge in [0.25, 0.3) is 0 Å². The van der Waals surface area contributed by atoms with Crippen LogP contribution in [-0.4, -0.2) is 27.3 Å². The second kappa shape index (κ2) is 7.66. The number of amides is 1. The molecule has 1 aliphatic rings. The van der Waals surface area contributed by atoms with E-state index in [0.717, 1.165) is 35.2 Å². The first-order valence-corrected chi connectivity index (χ1v) is 9.22. The van der Waals surface area contributed by atoms with Gasteiger partial charge in [0.2, 0.25) is 5.91 Å². The third-order valence-corrected chi connectivity index (χ3v) is 5.09. The zero-order valence-electron chi connectivity index (χ0n) is 15.5. The number of benzene rings is 2. The van der Waals surface area contributed by atoms with Crippen molar-refractivity contribution in [1.29, 1.82) is 0 Å². The van der Waals surface area contributed by atoms with Crippen LogP contribution < -0.4 is 0 Å². The molecule has 1 aliphatic heterocycles. The summed E-state index contributed by atoms with van der Waals surface area (Å²) in [7, 11) is 0. The lowest BCUT2D eigenvalue weighted by Crippen LogP contribution is -2.37. The molecule has 0 spiro atoms. The summed E-state index contributed by atoms with van der Waals surface area (Å²) in [5.41, 5.74) is 3.74. The van der Waals surface area contributed by atoms with Gasteiger partial charge < -0.3 is 4.90 Å². The minimum atomic E-state index is -4.35. The standard InChI is InChI=1S/C22H18F3N3O/c23-22(24,25)19-5-3-15(4-6-19)17-2-1-16-8-10-28(13-18(16)11-17)21(29)12-20-7-9-26-14-27-20/h1-7,9,11,14H,8,10,12-13H2. The molecule has 4 nitrogen and oxygen atoms in total. The minimum Gasteiger partial charge on any atom is -0.338 e. The Balaban J connectivity index is 1.52. The van der Waals surface area contributed by atoms with E-state index in [0.29, 0.717) is 24.3 Å². The monoisotopic (exact) mass is 397 g/mol. The lowest BCUT2D eigenvalue weighted by atomic mass is 9.94. The topological polar surface area (TPSA) is 46.1 Å². The second-order valence-corrected chi connectivity index (χ2v) is 7.00. The first-order valence-electron chi connectivity index (χ1n) is 9.22. The van der Waals surface area contributed by atoms with Gasteiger partial charge in [0, 0.05) is 19.3 Å². The molecule has 7 heteroatoms. The molecule has 29 heavy (non-hydrogen) atoms. The zero-order chi connectivity index (χ0) is 20.4. The zero-order valence-corrected chi connectivity index (χ0v) is 15.5. The summed E-state index contributed by atoms with van der Waals surface area (Å²) in [5.74, 6) is -0.00529. The molecule has 148 valence electrons. The number of carbonyl (C=O) groups excluding carboxylic acids is 1. The number of nitrogens with zero attached hydrogens (tertiary/aromatic N) is 3. The third-order valence-electron chi connectivity index (χ3n) is 5.09. The fourth-order valence-corrected chi connectivity index (χ4v) is 3.49. The number of halogens is 3. The lowest BCUT2D eigenvalue weighted by molar-refractivity contribution is -0.137. The summed E-state index contributed by atoms with van der Waals surface area (Å²) in [6.07, 6.45) is -0.352. The first-order chi connectivity index (χ1) is 13.9. The van der Waals surface area contributed by atoms with Crippen molar-refractivity contribution < 1.29 is 18.0 Å². The highest BCUT2D eigenvalue weighted by Crippen LogP contribution is 2.32. The van der Waals surface area contributed by atoms with E-state index >= 15 is 0 Å². The summed E-state index contributed by atoms with van der Waals surface area (Å²) in [4.78, 5) is 22.4. The van der Waals surface area contributed by atoms with Crippen molar-refractivity contribution in [2.24, 2.45) is 0 Å². The number of hydrogen-bond acceptors (Lipinski definition) is 3. The van der Waals surface area contributed by atoms with Crippen molar-refractivity contribution in [2.45, 2.75) is 25.6 Å². The molecule has 0 aliphatic carbocycles. The Bertz CT molecular complexity index is 1020. The van der Waals surface area contributed by atoms with Gasteiger partial charge in [-0.05, 0) is 52.9 Å². The average molecular weight is 397 g/mol. The highest BCUT2D eigenvalue weighted by molar-refractivity contribution is 5.78. The fraction of sp³-hybridized carbons (Fsp3) is 0.227. The van der Waals surface area contributed by atoms with Crippen molar-refractivity contribution in [2.75, 3.05) is 6.54 Å². The number of alkyl halides is 3. The molecule has 0 bridgehead atoms. The summed E-state index contributed by atoms with van der Waals surface area (Å²) in [6, 6.07) is 12.7. The van der Waals surface area contributed by atoms with Crippen LogP contribution in [0.1, 0.15) is 22.4 Å². The van der Waals surface area contributed by atoms with Gasteiger partial charge in [0.15, 0.2) is 0 Å². The van der Waals surface area contributed by atoms with Crippen molar-refractivity contribution >= 4 is 5.91 Å². The predicted octanol–water partition coefficient (Wildman–Crippen LogP) is 4.29. The Kier molecular flexibility index (Phi) is 5.05. The average Bonchev–Trinajstić information content (AvgIpc) is 2.73. The maximum atomic E-state index is 12.8. The Labute approximate surface area is 166 Å². The van der Waals surface area contributed by atoms with Crippen molar-refractivity contribution in [3.05, 3.63) is 83.4 Å². The summed E-state index contributed by atoms with van der Waals surface area (Å²) in [5, 5.41) is 0. The molecule has 1 aromatic heterocycles. The van der Waals surface area contributed by atoms with E-state index in [1.807, 2.05) is 18.2 Å². The number of carbonyl (C=O) groups is 1. The SMILES string of the molecule is O=C(Cc1ccncn1)N1CCc2ccc(-c3ccc(C(F)(F)F)cc3)cc2C1. The molecule has 0 unspecified atom stereocenters. The van der Waals surface area contributed by atoms with Crippen LogP contribution in [0.15, 0.2) is 61.1 Å². The number of aromatic nitrogens is 2. The highest BCUT2D eigenvalue weighted by atomic mass is 19.4. The molecule has 0 atom stereocenters. The number of rotatable bonds is 3. The molecule has 2 aromatic carbocycles. The smallest absolute Gasteiger partial charge is 0.338 e. The van der Waals surface area contributed by atoms with Gasteiger partial charge in [-0.1, -0.05) is 24.3 Å². The van der Waals surface area contributed by atoms with Gasteiger partial charge in [-0.3, -0.25) is 4.79 Å². The van der Waals surface area contributed by atoms with Crippen LogP contribution in [0.3, 0.4) is 0 Å². The summed E-state index contributed by atoms with van der Waals surface area (Å²) >= 11 is 0. The van der Waals surface area contributed by atoms with Crippen LogP contribution in [-0.2, 0) is 30.4 Å². The van der Waals surface area contributed by atoms with E-state index in [2.05, 4.69) is 9.97 Å². The molecule has 0 N–H and O–H groups in total. The van der Waals surface area contributed by atoms with E-state index in [4.69, 9.17) is 0 Å². The van der Waals surface area contributed by atoms with Crippen LogP contribution in [0, 0.1) is 0 Å². The largest absolute Gasteiger partial charge is 0.416 e. The molecular weight excluding hydrogens is 379 g/mol. The van der Waals surface area contributed by atoms with Crippen molar-refractivity contribution in [3.8, 4) is 11.1 Å². The van der Waals surface area contributed by atoms with Crippen LogP contribution in [0.4, 0.5) is 13.2 Å². The quantitative estimate of drug-likeness (QED) is 0.662. The predicted molar refractivity (Wildman–Crippen MR) is 102 cm³/mol. The number of fused-ring (bicyclic) bond motifs is 1. The van der Waals surface area contributed by atoms with Crippen LogP contribution >= 0.6 is 0 Å². The van der Waals surface area contributed by atoms with Crippen molar-refractivity contribution in [1.82, 2.24) is 14.9 Å².